The van der Waals surface area contributed by atoms with Gasteiger partial charge < -0.3 is 9.26 Å². The van der Waals surface area contributed by atoms with E-state index in [4.69, 9.17) is 9.26 Å². The lowest BCUT2D eigenvalue weighted by molar-refractivity contribution is 0.179. The van der Waals surface area contributed by atoms with Gasteiger partial charge in [0.05, 0.1) is 6.54 Å². The predicted molar refractivity (Wildman–Crippen MR) is 70.8 cm³/mol. The van der Waals surface area contributed by atoms with Gasteiger partial charge in [-0.05, 0) is 45.2 Å². The molecule has 5 nitrogen and oxygen atoms in total. The molecule has 0 unspecified atom stereocenters. The van der Waals surface area contributed by atoms with Crippen LogP contribution in [-0.2, 0) is 11.3 Å². The molecule has 5 heteroatoms. The highest BCUT2D eigenvalue weighted by Crippen LogP contribution is 2.35. The summed E-state index contributed by atoms with van der Waals surface area (Å²) in [5, 5.41) is 4.09. The molecular weight excluding hydrogens is 242 g/mol. The zero-order valence-electron chi connectivity index (χ0n) is 11.7. The van der Waals surface area contributed by atoms with Crippen molar-refractivity contribution in [2.75, 3.05) is 26.8 Å². The van der Waals surface area contributed by atoms with Crippen molar-refractivity contribution in [2.45, 2.75) is 44.6 Å². The van der Waals surface area contributed by atoms with Crippen LogP contribution in [0.2, 0.25) is 0 Å². The molecule has 1 atom stereocenters. The highest BCUT2D eigenvalue weighted by atomic mass is 16.5. The zero-order valence-corrected chi connectivity index (χ0v) is 11.7. The Kier molecular flexibility index (Phi) is 4.13. The summed E-state index contributed by atoms with van der Waals surface area (Å²) in [6.07, 6.45) is 6.12. The van der Waals surface area contributed by atoms with Crippen LogP contribution in [0.4, 0.5) is 0 Å². The predicted octanol–water partition coefficient (Wildman–Crippen LogP) is 2.20. The van der Waals surface area contributed by atoms with Crippen molar-refractivity contribution < 1.29 is 9.26 Å². The Morgan fingerprint density at radius 1 is 1.32 bits per heavy atom. The minimum absolute atomic E-state index is 0.530. The zero-order chi connectivity index (χ0) is 13.1. The number of rotatable bonds is 6. The van der Waals surface area contributed by atoms with E-state index in [9.17, 15) is 0 Å². The largest absolute Gasteiger partial charge is 0.381 e. The van der Waals surface area contributed by atoms with E-state index in [1.54, 1.807) is 0 Å². The number of hydrogen-bond acceptors (Lipinski definition) is 5. The Bertz CT molecular complexity index is 397. The van der Waals surface area contributed by atoms with Gasteiger partial charge in [0.2, 0.25) is 5.89 Å². The molecular formula is C14H23N3O2. The molecule has 0 spiro atoms. The van der Waals surface area contributed by atoms with Gasteiger partial charge in [-0.15, -0.1) is 0 Å². The monoisotopic (exact) mass is 265 g/mol. The molecule has 0 aromatic carbocycles. The Balaban J connectivity index is 1.43. The molecule has 1 aromatic rings. The summed E-state index contributed by atoms with van der Waals surface area (Å²) in [4.78, 5) is 6.78. The fraction of sp³-hybridized carbons (Fsp3) is 0.857. The molecule has 19 heavy (non-hydrogen) atoms. The van der Waals surface area contributed by atoms with Crippen molar-refractivity contribution in [3.63, 3.8) is 0 Å². The average molecular weight is 265 g/mol. The average Bonchev–Trinajstić information content (AvgIpc) is 2.96. The van der Waals surface area contributed by atoms with Gasteiger partial charge in [-0.3, -0.25) is 4.90 Å². The minimum Gasteiger partial charge on any atom is -0.381 e. The molecule has 106 valence electrons. The summed E-state index contributed by atoms with van der Waals surface area (Å²) in [6, 6.07) is 0. The fourth-order valence-electron chi connectivity index (χ4n) is 2.69. The van der Waals surface area contributed by atoms with Crippen LogP contribution in [0.15, 0.2) is 4.52 Å². The van der Waals surface area contributed by atoms with Gasteiger partial charge in [0.15, 0.2) is 5.82 Å². The molecule has 2 aliphatic rings. The molecule has 1 aliphatic heterocycles. The number of ether oxygens (including phenoxy) is 1. The third kappa shape index (κ3) is 3.34. The Hall–Kier alpha value is -0.940. The lowest BCUT2D eigenvalue weighted by atomic mass is 9.85. The smallest absolute Gasteiger partial charge is 0.229 e. The molecule has 1 saturated heterocycles. The van der Waals surface area contributed by atoms with Crippen LogP contribution < -0.4 is 0 Å². The van der Waals surface area contributed by atoms with Crippen molar-refractivity contribution in [1.29, 1.82) is 0 Å². The molecule has 1 aromatic heterocycles. The summed E-state index contributed by atoms with van der Waals surface area (Å²) in [6.45, 7) is 3.72. The van der Waals surface area contributed by atoms with Crippen LogP contribution in [0.25, 0.3) is 0 Å². The van der Waals surface area contributed by atoms with Gasteiger partial charge in [0.25, 0.3) is 0 Å². The van der Waals surface area contributed by atoms with E-state index < -0.39 is 0 Å². The van der Waals surface area contributed by atoms with Gasteiger partial charge in [0, 0.05) is 19.1 Å². The summed E-state index contributed by atoms with van der Waals surface area (Å²) < 4.78 is 10.7. The standard InChI is InChI=1S/C14H23N3O2/c1-17(7-5-11-6-8-18-10-11)9-13-15-14(19-16-13)12-3-2-4-12/h11-12H,2-10H2,1H3/t11-/m0/s1. The Morgan fingerprint density at radius 3 is 2.89 bits per heavy atom. The van der Waals surface area contributed by atoms with Crippen molar-refractivity contribution in [3.05, 3.63) is 11.7 Å². The number of aromatic nitrogens is 2. The lowest BCUT2D eigenvalue weighted by Crippen LogP contribution is -2.22. The normalized spacial score (nSPS) is 24.0. The Labute approximate surface area is 114 Å². The van der Waals surface area contributed by atoms with E-state index in [0.717, 1.165) is 43.9 Å². The summed E-state index contributed by atoms with van der Waals surface area (Å²) in [5.41, 5.74) is 0. The summed E-state index contributed by atoms with van der Waals surface area (Å²) >= 11 is 0. The van der Waals surface area contributed by atoms with Crippen LogP contribution in [0.1, 0.15) is 49.7 Å². The van der Waals surface area contributed by atoms with Gasteiger partial charge in [-0.1, -0.05) is 11.6 Å². The van der Waals surface area contributed by atoms with Crippen LogP contribution in [0.3, 0.4) is 0 Å². The van der Waals surface area contributed by atoms with E-state index in [1.165, 1.54) is 32.1 Å². The van der Waals surface area contributed by atoms with Crippen LogP contribution in [0.5, 0.6) is 0 Å². The molecule has 1 aliphatic carbocycles. The lowest BCUT2D eigenvalue weighted by Gasteiger charge is -2.20. The molecule has 0 bridgehead atoms. The van der Waals surface area contributed by atoms with Crippen LogP contribution in [0, 0.1) is 5.92 Å². The molecule has 2 heterocycles. The van der Waals surface area contributed by atoms with E-state index >= 15 is 0 Å². The van der Waals surface area contributed by atoms with Gasteiger partial charge in [-0.2, -0.15) is 4.98 Å². The molecule has 0 amide bonds. The van der Waals surface area contributed by atoms with E-state index in [2.05, 4.69) is 22.1 Å². The van der Waals surface area contributed by atoms with Crippen LogP contribution >= 0.6 is 0 Å². The van der Waals surface area contributed by atoms with Crippen molar-refractivity contribution in [3.8, 4) is 0 Å². The molecule has 3 rings (SSSR count). The summed E-state index contributed by atoms with van der Waals surface area (Å²) in [5.74, 6) is 2.94. The first kappa shape index (κ1) is 13.1. The van der Waals surface area contributed by atoms with Gasteiger partial charge >= 0.3 is 0 Å². The first-order chi connectivity index (χ1) is 9.31. The minimum atomic E-state index is 0.530. The topological polar surface area (TPSA) is 51.4 Å². The van der Waals surface area contributed by atoms with E-state index in [-0.39, 0.29) is 0 Å². The maximum Gasteiger partial charge on any atom is 0.229 e. The molecule has 0 N–H and O–H groups in total. The van der Waals surface area contributed by atoms with Gasteiger partial charge in [-0.25, -0.2) is 0 Å². The second-order valence-corrected chi connectivity index (χ2v) is 5.93. The SMILES string of the molecule is CN(CC[C@H]1CCOC1)Cc1noc(C2CCC2)n1. The highest BCUT2D eigenvalue weighted by molar-refractivity contribution is 4.98. The maximum atomic E-state index is 5.40. The van der Waals surface area contributed by atoms with E-state index in [1.807, 2.05) is 0 Å². The van der Waals surface area contributed by atoms with Crippen molar-refractivity contribution >= 4 is 0 Å². The fourth-order valence-corrected chi connectivity index (χ4v) is 2.69. The maximum absolute atomic E-state index is 5.40. The first-order valence-corrected chi connectivity index (χ1v) is 7.40. The third-order valence-corrected chi connectivity index (χ3v) is 4.29. The third-order valence-electron chi connectivity index (χ3n) is 4.29. The van der Waals surface area contributed by atoms with E-state index in [0.29, 0.717) is 5.92 Å². The highest BCUT2D eigenvalue weighted by Gasteiger charge is 2.25. The van der Waals surface area contributed by atoms with Crippen LogP contribution in [-0.4, -0.2) is 41.8 Å². The van der Waals surface area contributed by atoms with Crippen molar-refractivity contribution in [1.82, 2.24) is 15.0 Å². The second kappa shape index (κ2) is 6.01. The van der Waals surface area contributed by atoms with Gasteiger partial charge in [0.1, 0.15) is 0 Å². The second-order valence-electron chi connectivity index (χ2n) is 5.93. The molecule has 1 saturated carbocycles. The first-order valence-electron chi connectivity index (χ1n) is 7.40. The molecule has 0 radical (unpaired) electrons. The Morgan fingerprint density at radius 2 is 2.21 bits per heavy atom. The van der Waals surface area contributed by atoms with Crippen molar-refractivity contribution in [2.24, 2.45) is 5.92 Å². The quantitative estimate of drug-likeness (QED) is 0.789. The number of nitrogens with zero attached hydrogens (tertiary/aromatic N) is 3. The summed E-state index contributed by atoms with van der Waals surface area (Å²) in [7, 11) is 2.12. The number of hydrogen-bond donors (Lipinski definition) is 0. The molecule has 2 fully saturated rings.